The number of ether oxygens (including phenoxy) is 8. The second-order valence-electron chi connectivity index (χ2n) is 12.3. The van der Waals surface area contributed by atoms with Gasteiger partial charge >= 0.3 is 35.8 Å². The summed E-state index contributed by atoms with van der Waals surface area (Å²) in [5.41, 5.74) is 1.45. The van der Waals surface area contributed by atoms with Gasteiger partial charge in [0.25, 0.3) is 0 Å². The van der Waals surface area contributed by atoms with Crippen LogP contribution in [0.3, 0.4) is 0 Å². The number of carbonyl (C=O) groups is 6. The molecule has 0 heterocycles. The van der Waals surface area contributed by atoms with Crippen LogP contribution in [0.4, 0.5) is 0 Å². The fourth-order valence-electron chi connectivity index (χ4n) is 4.63. The second kappa shape index (κ2) is 26.3. The molecule has 0 amide bonds. The largest absolute Gasteiger partial charge is 0.493 e. The number of benzene rings is 4. The smallest absolute Gasteiger partial charge is 0.343 e. The third kappa shape index (κ3) is 18.2. The van der Waals surface area contributed by atoms with Crippen molar-refractivity contribution < 1.29 is 71.8 Å². The molecular weight excluding hydrogens is 792 g/mol. The summed E-state index contributed by atoms with van der Waals surface area (Å²) in [7, 11) is 0. The van der Waals surface area contributed by atoms with Crippen molar-refractivity contribution in [1.29, 1.82) is 0 Å². The van der Waals surface area contributed by atoms with Gasteiger partial charge < -0.3 is 43.0 Å². The van der Waals surface area contributed by atoms with Crippen molar-refractivity contribution in [3.63, 3.8) is 0 Å². The Morgan fingerprint density at radius 1 is 0.475 bits per heavy atom. The van der Waals surface area contributed by atoms with Gasteiger partial charge in [-0.2, -0.15) is 0 Å². The molecule has 0 atom stereocenters. The normalized spacial score (nSPS) is 9.98. The first-order valence-electron chi connectivity index (χ1n) is 18.8. The van der Waals surface area contributed by atoms with Gasteiger partial charge in [0, 0.05) is 37.5 Å². The molecule has 4 aromatic carbocycles. The van der Waals surface area contributed by atoms with E-state index in [0.717, 1.165) is 18.2 Å². The van der Waals surface area contributed by atoms with E-state index >= 15 is 0 Å². The molecule has 0 aliphatic carbocycles. The Kier molecular flexibility index (Phi) is 20.6. The van der Waals surface area contributed by atoms with Crippen LogP contribution in [0.5, 0.6) is 28.7 Å². The maximum atomic E-state index is 12.6. The summed E-state index contributed by atoms with van der Waals surface area (Å²) < 4.78 is 42.0. The molecule has 0 bridgehead atoms. The van der Waals surface area contributed by atoms with Crippen molar-refractivity contribution >= 4 is 35.8 Å². The zero-order chi connectivity index (χ0) is 44.4. The van der Waals surface area contributed by atoms with E-state index in [0.29, 0.717) is 78.8 Å². The Bertz CT molecular complexity index is 2100. The van der Waals surface area contributed by atoms with Crippen LogP contribution in [0.2, 0.25) is 0 Å². The SMILES string of the molecule is C=CC(=O)OCCCOc1ccc(C(=O)O)cc1.C=CC(=O)OCCCOc1ccc(C(=O)Oc2ccc(OC(=O)c3ccc(OCCCOC(=O)C=C)cc3)c(C)c2)cc1. The van der Waals surface area contributed by atoms with E-state index < -0.39 is 35.8 Å². The molecule has 0 aromatic heterocycles. The summed E-state index contributed by atoms with van der Waals surface area (Å²) in [5.74, 6) is -1.22. The van der Waals surface area contributed by atoms with Crippen molar-refractivity contribution in [2.45, 2.75) is 26.2 Å². The monoisotopic (exact) mass is 838 g/mol. The number of carbonyl (C=O) groups excluding carboxylic acids is 5. The predicted molar refractivity (Wildman–Crippen MR) is 221 cm³/mol. The van der Waals surface area contributed by atoms with E-state index in [4.69, 9.17) is 43.0 Å². The molecule has 320 valence electrons. The summed E-state index contributed by atoms with van der Waals surface area (Å²) in [6.07, 6.45) is 4.87. The average Bonchev–Trinajstić information content (AvgIpc) is 3.27. The molecule has 0 fully saturated rings. The Morgan fingerprint density at radius 3 is 1.16 bits per heavy atom. The van der Waals surface area contributed by atoms with Gasteiger partial charge in [-0.1, -0.05) is 19.7 Å². The van der Waals surface area contributed by atoms with Crippen LogP contribution < -0.4 is 23.7 Å². The number of hydrogen-bond donors (Lipinski definition) is 1. The highest BCUT2D eigenvalue weighted by atomic mass is 16.6. The van der Waals surface area contributed by atoms with Crippen molar-refractivity contribution in [3.05, 3.63) is 151 Å². The lowest BCUT2D eigenvalue weighted by Gasteiger charge is -2.11. The summed E-state index contributed by atoms with van der Waals surface area (Å²) in [4.78, 5) is 68.6. The van der Waals surface area contributed by atoms with Crippen LogP contribution >= 0.6 is 0 Å². The van der Waals surface area contributed by atoms with Gasteiger partial charge in [0.2, 0.25) is 0 Å². The number of esters is 5. The molecule has 15 nitrogen and oxygen atoms in total. The Morgan fingerprint density at radius 2 is 0.820 bits per heavy atom. The molecule has 0 saturated carbocycles. The number of hydrogen-bond acceptors (Lipinski definition) is 14. The maximum Gasteiger partial charge on any atom is 0.343 e. The highest BCUT2D eigenvalue weighted by Gasteiger charge is 2.14. The molecule has 0 saturated heterocycles. The lowest BCUT2D eigenvalue weighted by atomic mass is 10.2. The number of aryl methyl sites for hydroxylation is 1. The van der Waals surface area contributed by atoms with Crippen molar-refractivity contribution in [1.82, 2.24) is 0 Å². The molecule has 1 N–H and O–H groups in total. The van der Waals surface area contributed by atoms with E-state index in [2.05, 4.69) is 19.7 Å². The molecule has 4 rings (SSSR count). The van der Waals surface area contributed by atoms with Gasteiger partial charge in [-0.25, -0.2) is 28.8 Å². The molecule has 4 aromatic rings. The van der Waals surface area contributed by atoms with Gasteiger partial charge in [0.1, 0.15) is 28.7 Å². The Hall–Kier alpha value is -7.68. The van der Waals surface area contributed by atoms with Gasteiger partial charge in [-0.15, -0.1) is 0 Å². The number of rotatable bonds is 23. The standard InChI is InChI=1S/C33H32O10.C13H14O5/c1-4-30(34)40-20-6-18-38-26-12-8-24(9-13-26)32(36)42-28-16-17-29(23(3)22-28)43-33(37)25-10-14-27(15-11-25)39-19-7-21-41-31(35)5-2;1-2-12(14)18-9-3-8-17-11-6-4-10(5-7-11)13(15)16/h4-5,8-17,22H,1-2,6-7,18-21H2,3H3;2,4-7H,1,3,8-9H2,(H,15,16). The Labute approximate surface area is 352 Å². The van der Waals surface area contributed by atoms with Gasteiger partial charge in [0.15, 0.2) is 0 Å². The minimum atomic E-state index is -0.974. The maximum absolute atomic E-state index is 12.6. The van der Waals surface area contributed by atoms with Crippen molar-refractivity contribution in [3.8, 4) is 28.7 Å². The average molecular weight is 839 g/mol. The molecule has 0 spiro atoms. The van der Waals surface area contributed by atoms with Crippen molar-refractivity contribution in [2.24, 2.45) is 0 Å². The number of carboxylic acids is 1. The van der Waals surface area contributed by atoms with Crippen molar-refractivity contribution in [2.75, 3.05) is 39.6 Å². The summed E-state index contributed by atoms with van der Waals surface area (Å²) in [5, 5.41) is 8.70. The highest BCUT2D eigenvalue weighted by Crippen LogP contribution is 2.26. The third-order valence-electron chi connectivity index (χ3n) is 7.75. The van der Waals surface area contributed by atoms with Gasteiger partial charge in [0.05, 0.1) is 56.3 Å². The first-order chi connectivity index (χ1) is 29.4. The lowest BCUT2D eigenvalue weighted by molar-refractivity contribution is -0.138. The molecular formula is C46H46O15. The van der Waals surface area contributed by atoms with E-state index in [1.165, 1.54) is 18.2 Å². The van der Waals surface area contributed by atoms with Crippen LogP contribution in [0, 0.1) is 6.92 Å². The summed E-state index contributed by atoms with van der Waals surface area (Å²) >= 11 is 0. The topological polar surface area (TPSA) is 196 Å². The summed E-state index contributed by atoms with van der Waals surface area (Å²) in [6.45, 7) is 13.4. The molecule has 0 radical (unpaired) electrons. The van der Waals surface area contributed by atoms with E-state index in [9.17, 15) is 28.8 Å². The quantitative estimate of drug-likeness (QED) is 0.0256. The number of carboxylic acid groups (broad SMARTS) is 1. The highest BCUT2D eigenvalue weighted by molar-refractivity contribution is 5.92. The third-order valence-corrected chi connectivity index (χ3v) is 7.75. The lowest BCUT2D eigenvalue weighted by Crippen LogP contribution is -2.11. The van der Waals surface area contributed by atoms with Crippen LogP contribution in [-0.4, -0.2) is 80.6 Å². The van der Waals surface area contributed by atoms with Gasteiger partial charge in [-0.05, 0) is 103 Å². The predicted octanol–water partition coefficient (Wildman–Crippen LogP) is 7.31. The fraction of sp³-hybridized carbons (Fsp3) is 0.217. The Balaban J connectivity index is 0.000000460. The van der Waals surface area contributed by atoms with Crippen LogP contribution in [0.25, 0.3) is 0 Å². The molecule has 0 aliphatic heterocycles. The second-order valence-corrected chi connectivity index (χ2v) is 12.3. The van der Waals surface area contributed by atoms with E-state index in [1.807, 2.05) is 0 Å². The molecule has 0 unspecified atom stereocenters. The minimum absolute atomic E-state index is 0.210. The van der Waals surface area contributed by atoms with Crippen LogP contribution in [0.15, 0.2) is 129 Å². The molecule has 15 heteroatoms. The molecule has 0 aliphatic rings. The first-order valence-corrected chi connectivity index (χ1v) is 18.8. The van der Waals surface area contributed by atoms with E-state index in [1.54, 1.807) is 79.7 Å². The van der Waals surface area contributed by atoms with Crippen LogP contribution in [0.1, 0.15) is 55.9 Å². The minimum Gasteiger partial charge on any atom is -0.493 e. The first kappa shape index (κ1) is 47.7. The zero-order valence-corrected chi connectivity index (χ0v) is 33.5. The van der Waals surface area contributed by atoms with E-state index in [-0.39, 0.29) is 31.1 Å². The zero-order valence-electron chi connectivity index (χ0n) is 33.5. The number of aromatic carboxylic acids is 1. The fourth-order valence-corrected chi connectivity index (χ4v) is 4.63. The summed E-state index contributed by atoms with van der Waals surface area (Å²) in [6, 6.07) is 23.7. The van der Waals surface area contributed by atoms with Gasteiger partial charge in [-0.3, -0.25) is 0 Å². The van der Waals surface area contributed by atoms with Crippen LogP contribution in [-0.2, 0) is 28.6 Å². The molecule has 61 heavy (non-hydrogen) atoms.